The normalized spacial score (nSPS) is 9.57. The molecule has 0 atom stereocenters. The molecule has 0 aliphatic rings. The summed E-state index contributed by atoms with van der Waals surface area (Å²) in [7, 11) is 0. The first-order valence-electron chi connectivity index (χ1n) is 3.71. The summed E-state index contributed by atoms with van der Waals surface area (Å²) in [5.74, 6) is 0.138. The molecule has 0 saturated heterocycles. The van der Waals surface area contributed by atoms with Crippen molar-refractivity contribution in [2.75, 3.05) is 5.73 Å². The zero-order valence-electron chi connectivity index (χ0n) is 6.97. The van der Waals surface area contributed by atoms with Crippen LogP contribution < -0.4 is 5.73 Å². The maximum absolute atomic E-state index is 8.77. The number of nitrogens with zero attached hydrogens (tertiary/aromatic N) is 5. The standard InChI is InChI=1S/C8H4N6/c9-3-5-6(4-10)13-7-1-2-12-14(7)8(5)11/h1-2H,11H2. The number of aromatic nitrogens is 3. The third-order valence-electron chi connectivity index (χ3n) is 1.79. The summed E-state index contributed by atoms with van der Waals surface area (Å²) in [6.07, 6.45) is 1.50. The molecule has 2 aromatic rings. The number of hydrogen-bond donors (Lipinski definition) is 1. The molecule has 6 nitrogen and oxygen atoms in total. The maximum Gasteiger partial charge on any atom is 0.164 e. The highest BCUT2D eigenvalue weighted by Gasteiger charge is 2.12. The van der Waals surface area contributed by atoms with E-state index in [4.69, 9.17) is 16.3 Å². The number of nitrogens with two attached hydrogens (primary N) is 1. The van der Waals surface area contributed by atoms with E-state index in [9.17, 15) is 0 Å². The fourth-order valence-corrected chi connectivity index (χ4v) is 1.16. The lowest BCUT2D eigenvalue weighted by atomic mass is 10.2. The topological polar surface area (TPSA) is 104 Å². The van der Waals surface area contributed by atoms with Gasteiger partial charge in [-0.25, -0.2) is 4.98 Å². The van der Waals surface area contributed by atoms with Crippen molar-refractivity contribution < 1.29 is 0 Å². The minimum absolute atomic E-state index is 0.0259. The van der Waals surface area contributed by atoms with E-state index < -0.39 is 0 Å². The zero-order valence-corrected chi connectivity index (χ0v) is 6.97. The van der Waals surface area contributed by atoms with Crippen LogP contribution in [0.1, 0.15) is 11.3 Å². The van der Waals surface area contributed by atoms with E-state index in [-0.39, 0.29) is 17.1 Å². The minimum atomic E-state index is 0.0259. The second-order valence-corrected chi connectivity index (χ2v) is 2.55. The molecule has 0 aliphatic carbocycles. The summed E-state index contributed by atoms with van der Waals surface area (Å²) in [5, 5.41) is 21.4. The van der Waals surface area contributed by atoms with E-state index in [0.29, 0.717) is 5.65 Å². The molecule has 6 heteroatoms. The van der Waals surface area contributed by atoms with E-state index in [1.165, 1.54) is 10.7 Å². The van der Waals surface area contributed by atoms with Gasteiger partial charge in [0.1, 0.15) is 23.5 Å². The summed E-state index contributed by atoms with van der Waals surface area (Å²) in [4.78, 5) is 3.92. The van der Waals surface area contributed by atoms with Crippen molar-refractivity contribution in [1.29, 1.82) is 10.5 Å². The fourth-order valence-electron chi connectivity index (χ4n) is 1.16. The molecule has 0 aromatic carbocycles. The first kappa shape index (κ1) is 8.02. The van der Waals surface area contributed by atoms with Gasteiger partial charge in [0.25, 0.3) is 0 Å². The second-order valence-electron chi connectivity index (χ2n) is 2.55. The summed E-state index contributed by atoms with van der Waals surface area (Å²) in [5.41, 5.74) is 6.18. The average molecular weight is 184 g/mol. The molecule has 0 aliphatic heterocycles. The zero-order chi connectivity index (χ0) is 10.1. The van der Waals surface area contributed by atoms with Gasteiger partial charge in [0.05, 0.1) is 6.20 Å². The molecule has 66 valence electrons. The first-order chi connectivity index (χ1) is 6.77. The molecule has 0 unspecified atom stereocenters. The van der Waals surface area contributed by atoms with Crippen LogP contribution in [-0.2, 0) is 0 Å². The van der Waals surface area contributed by atoms with Crippen molar-refractivity contribution in [2.45, 2.75) is 0 Å². The van der Waals surface area contributed by atoms with Gasteiger partial charge in [-0.05, 0) is 0 Å². The predicted molar refractivity (Wildman–Crippen MR) is 46.8 cm³/mol. The molecule has 14 heavy (non-hydrogen) atoms. The van der Waals surface area contributed by atoms with Gasteiger partial charge in [-0.2, -0.15) is 20.1 Å². The van der Waals surface area contributed by atoms with Crippen LogP contribution in [-0.4, -0.2) is 14.6 Å². The number of nitrogen functional groups attached to an aromatic ring is 1. The highest BCUT2D eigenvalue weighted by Crippen LogP contribution is 2.15. The molecule has 2 N–H and O–H groups in total. The van der Waals surface area contributed by atoms with Crippen LogP contribution in [0.3, 0.4) is 0 Å². The Bertz CT molecular complexity index is 582. The molecule has 0 spiro atoms. The van der Waals surface area contributed by atoms with Crippen molar-refractivity contribution >= 4 is 11.5 Å². The Morgan fingerprint density at radius 2 is 2.14 bits per heavy atom. The molecular weight excluding hydrogens is 180 g/mol. The number of nitriles is 2. The van der Waals surface area contributed by atoms with Crippen LogP contribution in [0.25, 0.3) is 5.65 Å². The van der Waals surface area contributed by atoms with Gasteiger partial charge in [-0.1, -0.05) is 0 Å². The molecule has 0 bridgehead atoms. The lowest BCUT2D eigenvalue weighted by Crippen LogP contribution is -2.06. The van der Waals surface area contributed by atoms with Gasteiger partial charge in [0, 0.05) is 6.07 Å². The summed E-state index contributed by atoms with van der Waals surface area (Å²) < 4.78 is 1.32. The maximum atomic E-state index is 8.77. The summed E-state index contributed by atoms with van der Waals surface area (Å²) >= 11 is 0. The minimum Gasteiger partial charge on any atom is -0.382 e. The Morgan fingerprint density at radius 3 is 2.79 bits per heavy atom. The van der Waals surface area contributed by atoms with Gasteiger partial charge < -0.3 is 5.73 Å². The van der Waals surface area contributed by atoms with E-state index in [1.807, 2.05) is 12.1 Å². The quantitative estimate of drug-likeness (QED) is 0.623. The molecule has 2 heterocycles. The molecule has 0 fully saturated rings. The number of fused-ring (bicyclic) bond motifs is 1. The molecule has 2 aromatic heterocycles. The van der Waals surface area contributed by atoms with Crippen LogP contribution in [0.5, 0.6) is 0 Å². The molecule has 2 rings (SSSR count). The van der Waals surface area contributed by atoms with Crippen molar-refractivity contribution in [2.24, 2.45) is 0 Å². The van der Waals surface area contributed by atoms with Crippen LogP contribution in [0.15, 0.2) is 12.3 Å². The van der Waals surface area contributed by atoms with Crippen molar-refractivity contribution in [3.8, 4) is 12.1 Å². The molecule has 0 radical (unpaired) electrons. The molecular formula is C8H4N6. The molecule has 0 amide bonds. The Kier molecular flexibility index (Phi) is 1.55. The highest BCUT2D eigenvalue weighted by atomic mass is 15.3. The first-order valence-corrected chi connectivity index (χ1v) is 3.71. The smallest absolute Gasteiger partial charge is 0.164 e. The van der Waals surface area contributed by atoms with Crippen LogP contribution in [0.2, 0.25) is 0 Å². The van der Waals surface area contributed by atoms with Gasteiger partial charge in [0.15, 0.2) is 11.3 Å². The van der Waals surface area contributed by atoms with Gasteiger partial charge in [0.2, 0.25) is 0 Å². The lowest BCUT2D eigenvalue weighted by Gasteiger charge is -2.01. The Morgan fingerprint density at radius 1 is 1.36 bits per heavy atom. The van der Waals surface area contributed by atoms with E-state index in [1.54, 1.807) is 6.07 Å². The van der Waals surface area contributed by atoms with E-state index in [0.717, 1.165) is 0 Å². The Hall–Kier alpha value is -2.60. The number of hydrogen-bond acceptors (Lipinski definition) is 5. The van der Waals surface area contributed by atoms with Gasteiger partial charge in [-0.3, -0.25) is 0 Å². The molecule has 0 saturated carbocycles. The highest BCUT2D eigenvalue weighted by molar-refractivity contribution is 5.60. The third-order valence-corrected chi connectivity index (χ3v) is 1.79. The fraction of sp³-hybridized carbons (Fsp3) is 0. The van der Waals surface area contributed by atoms with Crippen molar-refractivity contribution in [3.05, 3.63) is 23.5 Å². The Balaban J connectivity index is 2.97. The summed E-state index contributed by atoms with van der Waals surface area (Å²) in [6, 6.07) is 5.25. The summed E-state index contributed by atoms with van der Waals surface area (Å²) in [6.45, 7) is 0. The predicted octanol–water partition coefficient (Wildman–Crippen LogP) is 0.0549. The average Bonchev–Trinajstić information content (AvgIpc) is 2.65. The Labute approximate surface area is 78.8 Å². The number of rotatable bonds is 0. The monoisotopic (exact) mass is 184 g/mol. The third kappa shape index (κ3) is 0.883. The van der Waals surface area contributed by atoms with Crippen molar-refractivity contribution in [1.82, 2.24) is 14.6 Å². The van der Waals surface area contributed by atoms with Gasteiger partial charge in [-0.15, -0.1) is 0 Å². The van der Waals surface area contributed by atoms with Crippen molar-refractivity contribution in [3.63, 3.8) is 0 Å². The number of anilines is 1. The largest absolute Gasteiger partial charge is 0.382 e. The van der Waals surface area contributed by atoms with Crippen LogP contribution in [0, 0.1) is 22.7 Å². The lowest BCUT2D eigenvalue weighted by molar-refractivity contribution is 0.944. The van der Waals surface area contributed by atoms with Gasteiger partial charge >= 0.3 is 0 Å². The van der Waals surface area contributed by atoms with E-state index in [2.05, 4.69) is 10.1 Å². The van der Waals surface area contributed by atoms with Crippen LogP contribution >= 0.6 is 0 Å². The second kappa shape index (κ2) is 2.71. The van der Waals surface area contributed by atoms with E-state index >= 15 is 0 Å². The SMILES string of the molecule is N#Cc1nc2ccnn2c(N)c1C#N. The van der Waals surface area contributed by atoms with Crippen LogP contribution in [0.4, 0.5) is 5.82 Å².